The minimum atomic E-state index is 0.141. The van der Waals surface area contributed by atoms with E-state index in [9.17, 15) is 0 Å². The molecule has 0 fully saturated rings. The van der Waals surface area contributed by atoms with Gasteiger partial charge in [0, 0.05) is 6.54 Å². The highest BCUT2D eigenvalue weighted by molar-refractivity contribution is 6.33. The Labute approximate surface area is 108 Å². The summed E-state index contributed by atoms with van der Waals surface area (Å²) in [5.74, 6) is 0.719. The van der Waals surface area contributed by atoms with Crippen LogP contribution >= 0.6 is 23.2 Å². The minimum absolute atomic E-state index is 0.141. The highest BCUT2D eigenvalue weighted by atomic mass is 35.5. The zero-order chi connectivity index (χ0) is 12.3. The van der Waals surface area contributed by atoms with Crippen LogP contribution in [0.25, 0.3) is 0 Å². The summed E-state index contributed by atoms with van der Waals surface area (Å²) in [5, 5.41) is 12.7. The van der Waals surface area contributed by atoms with Gasteiger partial charge in [0.25, 0.3) is 0 Å². The van der Waals surface area contributed by atoms with Crippen LogP contribution < -0.4 is 5.32 Å². The highest BCUT2D eigenvalue weighted by Gasteiger charge is 2.03. The van der Waals surface area contributed by atoms with Gasteiger partial charge in [-0.25, -0.2) is 4.98 Å². The Morgan fingerprint density at radius 1 is 1.18 bits per heavy atom. The van der Waals surface area contributed by atoms with E-state index in [-0.39, 0.29) is 11.0 Å². The normalized spacial score (nSPS) is 10.2. The van der Waals surface area contributed by atoms with Crippen molar-refractivity contribution >= 4 is 29.0 Å². The number of nitrogens with zero attached hydrogens (tertiary/aromatic N) is 2. The van der Waals surface area contributed by atoms with Crippen LogP contribution in [0.1, 0.15) is 5.56 Å². The first-order valence-corrected chi connectivity index (χ1v) is 5.60. The molecule has 0 aliphatic heterocycles. The molecule has 2 rings (SSSR count). The molecule has 2 N–H and O–H groups in total. The van der Waals surface area contributed by atoms with E-state index in [4.69, 9.17) is 28.3 Å². The van der Waals surface area contributed by atoms with Crippen molar-refractivity contribution < 1.29 is 5.11 Å². The molecule has 0 unspecified atom stereocenters. The average molecular weight is 270 g/mol. The number of halogens is 2. The van der Waals surface area contributed by atoms with E-state index in [1.807, 2.05) is 0 Å². The number of nitrogens with one attached hydrogen (secondary N) is 1. The Kier molecular flexibility index (Phi) is 3.66. The van der Waals surface area contributed by atoms with Crippen molar-refractivity contribution in [3.63, 3.8) is 0 Å². The maximum atomic E-state index is 9.14. The second-order valence-electron chi connectivity index (χ2n) is 3.36. The van der Waals surface area contributed by atoms with Crippen molar-refractivity contribution in [2.24, 2.45) is 0 Å². The molecule has 1 heterocycles. The molecule has 2 aromatic rings. The predicted octanol–water partition coefficient (Wildman–Crippen LogP) is 3.10. The number of hydrogen-bond acceptors (Lipinski definition) is 4. The molecule has 0 aliphatic rings. The van der Waals surface area contributed by atoms with E-state index in [1.54, 1.807) is 24.3 Å². The summed E-state index contributed by atoms with van der Waals surface area (Å²) in [6.45, 7) is 0.535. The number of anilines is 1. The Balaban J connectivity index is 2.07. The molecule has 0 atom stereocenters. The lowest BCUT2D eigenvalue weighted by molar-refractivity contribution is 0.475. The Bertz CT molecular complexity index is 517. The van der Waals surface area contributed by atoms with Crippen LogP contribution in [-0.4, -0.2) is 15.1 Å². The second-order valence-corrected chi connectivity index (χ2v) is 4.10. The molecule has 0 amide bonds. The van der Waals surface area contributed by atoms with E-state index in [2.05, 4.69) is 15.3 Å². The second kappa shape index (κ2) is 5.21. The topological polar surface area (TPSA) is 58.0 Å². The fraction of sp³-hybridized carbons (Fsp3) is 0.0909. The van der Waals surface area contributed by atoms with E-state index in [0.717, 1.165) is 5.56 Å². The SMILES string of the molecule is Oc1ccc(CNc2nc(Cl)ncc2Cl)cc1. The van der Waals surface area contributed by atoms with Gasteiger partial charge in [0.1, 0.15) is 16.6 Å². The standard InChI is InChI=1S/C11H9Cl2N3O/c12-9-6-15-11(13)16-10(9)14-5-7-1-3-8(17)4-2-7/h1-4,6,17H,5H2,(H,14,15,16). The van der Waals surface area contributed by atoms with Crippen molar-refractivity contribution in [3.05, 3.63) is 46.3 Å². The third kappa shape index (κ3) is 3.22. The first kappa shape index (κ1) is 12.0. The number of benzene rings is 1. The first-order chi connectivity index (χ1) is 8.15. The average Bonchev–Trinajstić information content (AvgIpc) is 2.32. The lowest BCUT2D eigenvalue weighted by Crippen LogP contribution is -2.02. The number of aromatic hydroxyl groups is 1. The molecule has 88 valence electrons. The summed E-state index contributed by atoms with van der Waals surface area (Å²) in [6, 6.07) is 6.84. The van der Waals surface area contributed by atoms with Crippen molar-refractivity contribution in [2.45, 2.75) is 6.54 Å². The van der Waals surface area contributed by atoms with Gasteiger partial charge in [0.05, 0.1) is 6.20 Å². The molecule has 17 heavy (non-hydrogen) atoms. The predicted molar refractivity (Wildman–Crippen MR) is 67.5 cm³/mol. The zero-order valence-electron chi connectivity index (χ0n) is 8.69. The van der Waals surface area contributed by atoms with Crippen LogP contribution in [0.3, 0.4) is 0 Å². The third-order valence-electron chi connectivity index (χ3n) is 2.11. The summed E-state index contributed by atoms with van der Waals surface area (Å²) in [4.78, 5) is 7.72. The van der Waals surface area contributed by atoms with Gasteiger partial charge in [0.2, 0.25) is 5.28 Å². The third-order valence-corrected chi connectivity index (χ3v) is 2.57. The molecule has 4 nitrogen and oxygen atoms in total. The van der Waals surface area contributed by atoms with Gasteiger partial charge >= 0.3 is 0 Å². The summed E-state index contributed by atoms with van der Waals surface area (Å²) < 4.78 is 0. The first-order valence-electron chi connectivity index (χ1n) is 4.85. The van der Waals surface area contributed by atoms with Crippen molar-refractivity contribution in [1.82, 2.24) is 9.97 Å². The quantitative estimate of drug-likeness (QED) is 0.841. The lowest BCUT2D eigenvalue weighted by atomic mass is 10.2. The molecule has 0 radical (unpaired) electrons. The van der Waals surface area contributed by atoms with Gasteiger partial charge in [-0.3, -0.25) is 0 Å². The molecular formula is C11H9Cl2N3O. The van der Waals surface area contributed by atoms with Gasteiger partial charge in [-0.1, -0.05) is 23.7 Å². The highest BCUT2D eigenvalue weighted by Crippen LogP contribution is 2.20. The molecule has 0 spiro atoms. The van der Waals surface area contributed by atoms with E-state index in [1.165, 1.54) is 6.20 Å². The zero-order valence-corrected chi connectivity index (χ0v) is 10.2. The summed E-state index contributed by atoms with van der Waals surface area (Å²) in [6.07, 6.45) is 1.44. The van der Waals surface area contributed by atoms with Gasteiger partial charge in [0.15, 0.2) is 0 Å². The Morgan fingerprint density at radius 2 is 1.88 bits per heavy atom. The van der Waals surface area contributed by atoms with Gasteiger partial charge in [-0.05, 0) is 29.3 Å². The summed E-state index contributed by atoms with van der Waals surface area (Å²) in [7, 11) is 0. The van der Waals surface area contributed by atoms with Gasteiger partial charge in [-0.2, -0.15) is 4.98 Å². The van der Waals surface area contributed by atoms with Crippen LogP contribution in [-0.2, 0) is 6.54 Å². The van der Waals surface area contributed by atoms with E-state index < -0.39 is 0 Å². The number of phenolic OH excluding ortho intramolecular Hbond substituents is 1. The number of phenols is 1. The molecule has 1 aromatic carbocycles. The molecule has 0 aliphatic carbocycles. The molecule has 0 saturated carbocycles. The lowest BCUT2D eigenvalue weighted by Gasteiger charge is -2.07. The van der Waals surface area contributed by atoms with Crippen molar-refractivity contribution in [3.8, 4) is 5.75 Å². The summed E-state index contributed by atoms with van der Waals surface area (Å²) in [5.41, 5.74) is 0.994. The number of hydrogen-bond donors (Lipinski definition) is 2. The maximum absolute atomic E-state index is 9.14. The molecule has 1 aromatic heterocycles. The van der Waals surface area contributed by atoms with Crippen LogP contribution in [0.4, 0.5) is 5.82 Å². The molecular weight excluding hydrogens is 261 g/mol. The largest absolute Gasteiger partial charge is 0.508 e. The molecule has 0 saturated heterocycles. The van der Waals surface area contributed by atoms with Crippen LogP contribution in [0, 0.1) is 0 Å². The summed E-state index contributed by atoms with van der Waals surface area (Å²) >= 11 is 11.6. The minimum Gasteiger partial charge on any atom is -0.508 e. The molecule has 0 bridgehead atoms. The van der Waals surface area contributed by atoms with Crippen molar-refractivity contribution in [1.29, 1.82) is 0 Å². The van der Waals surface area contributed by atoms with Crippen LogP contribution in [0.15, 0.2) is 30.5 Å². The van der Waals surface area contributed by atoms with E-state index >= 15 is 0 Å². The van der Waals surface area contributed by atoms with Gasteiger partial charge in [-0.15, -0.1) is 0 Å². The smallest absolute Gasteiger partial charge is 0.224 e. The van der Waals surface area contributed by atoms with Crippen LogP contribution in [0.2, 0.25) is 10.3 Å². The number of aromatic nitrogens is 2. The monoisotopic (exact) mass is 269 g/mol. The van der Waals surface area contributed by atoms with Crippen LogP contribution in [0.5, 0.6) is 5.75 Å². The number of rotatable bonds is 3. The van der Waals surface area contributed by atoms with Crippen molar-refractivity contribution in [2.75, 3.05) is 5.32 Å². The Hall–Kier alpha value is -1.52. The fourth-order valence-corrected chi connectivity index (χ4v) is 1.56. The Morgan fingerprint density at radius 3 is 2.59 bits per heavy atom. The van der Waals surface area contributed by atoms with E-state index in [0.29, 0.717) is 17.4 Å². The van der Waals surface area contributed by atoms with Gasteiger partial charge < -0.3 is 10.4 Å². The fourth-order valence-electron chi connectivity index (χ4n) is 1.27. The maximum Gasteiger partial charge on any atom is 0.224 e. The molecule has 6 heteroatoms.